The van der Waals surface area contributed by atoms with Crippen LogP contribution in [-0.2, 0) is 5.41 Å². The van der Waals surface area contributed by atoms with Gasteiger partial charge in [-0.25, -0.2) is 0 Å². The van der Waals surface area contributed by atoms with Crippen LogP contribution in [0, 0.1) is 0 Å². The standard InChI is InChI=1S/C11H15BrO.C2H6/c1-4-11(2,3)9-7-8(12)5-6-10(9)13;1-2/h5-7,13H,4H2,1-3H3;1-2H3. The van der Waals surface area contributed by atoms with Gasteiger partial charge in [0.1, 0.15) is 5.75 Å². The zero-order chi connectivity index (χ0) is 12.1. The molecule has 0 heterocycles. The first-order valence-electron chi connectivity index (χ1n) is 5.46. The number of aromatic hydroxyl groups is 1. The van der Waals surface area contributed by atoms with Gasteiger partial charge in [0, 0.05) is 10.0 Å². The van der Waals surface area contributed by atoms with Crippen LogP contribution in [-0.4, -0.2) is 5.11 Å². The molecule has 1 N–H and O–H groups in total. The molecule has 1 nitrogen and oxygen atoms in total. The topological polar surface area (TPSA) is 20.2 Å². The normalized spacial score (nSPS) is 10.5. The predicted octanol–water partition coefficient (Wildman–Crippen LogP) is 4.87. The first kappa shape index (κ1) is 14.5. The molecule has 1 aromatic carbocycles. The van der Waals surface area contributed by atoms with Gasteiger partial charge in [-0.05, 0) is 30.0 Å². The third kappa shape index (κ3) is 3.86. The molecule has 0 saturated carbocycles. The van der Waals surface area contributed by atoms with Gasteiger partial charge in [-0.15, -0.1) is 0 Å². The van der Waals surface area contributed by atoms with Gasteiger partial charge in [-0.3, -0.25) is 0 Å². The Morgan fingerprint density at radius 3 is 2.27 bits per heavy atom. The van der Waals surface area contributed by atoms with Gasteiger partial charge >= 0.3 is 0 Å². The predicted molar refractivity (Wildman–Crippen MR) is 70.5 cm³/mol. The fourth-order valence-corrected chi connectivity index (χ4v) is 1.60. The first-order chi connectivity index (χ1) is 6.97. The van der Waals surface area contributed by atoms with Crippen molar-refractivity contribution in [1.82, 2.24) is 0 Å². The summed E-state index contributed by atoms with van der Waals surface area (Å²) in [5, 5.41) is 9.68. The minimum atomic E-state index is 0.0356. The molecule has 0 fully saturated rings. The summed E-state index contributed by atoms with van der Waals surface area (Å²) < 4.78 is 1.02. The lowest BCUT2D eigenvalue weighted by Crippen LogP contribution is -2.15. The quantitative estimate of drug-likeness (QED) is 0.815. The minimum absolute atomic E-state index is 0.0356. The molecule has 0 unspecified atom stereocenters. The number of rotatable bonds is 2. The number of phenols is 1. The van der Waals surface area contributed by atoms with Crippen molar-refractivity contribution in [3.63, 3.8) is 0 Å². The summed E-state index contributed by atoms with van der Waals surface area (Å²) in [4.78, 5) is 0. The summed E-state index contributed by atoms with van der Waals surface area (Å²) in [5.41, 5.74) is 1.04. The Hall–Kier alpha value is -0.500. The average molecular weight is 273 g/mol. The fraction of sp³-hybridized carbons (Fsp3) is 0.538. The fourth-order valence-electron chi connectivity index (χ4n) is 1.24. The molecule has 0 saturated heterocycles. The van der Waals surface area contributed by atoms with Crippen LogP contribution < -0.4 is 0 Å². The molecule has 0 aliphatic carbocycles. The maximum Gasteiger partial charge on any atom is 0.119 e. The van der Waals surface area contributed by atoms with Gasteiger partial charge < -0.3 is 5.11 Å². The molecule has 0 aliphatic rings. The van der Waals surface area contributed by atoms with Crippen molar-refractivity contribution in [2.24, 2.45) is 0 Å². The Morgan fingerprint density at radius 1 is 1.27 bits per heavy atom. The van der Waals surface area contributed by atoms with Gasteiger partial charge in [-0.1, -0.05) is 50.5 Å². The molecule has 0 amide bonds. The lowest BCUT2D eigenvalue weighted by atomic mass is 9.82. The van der Waals surface area contributed by atoms with E-state index in [0.717, 1.165) is 16.5 Å². The number of benzene rings is 1. The van der Waals surface area contributed by atoms with E-state index in [-0.39, 0.29) is 5.41 Å². The van der Waals surface area contributed by atoms with Crippen LogP contribution in [0.1, 0.15) is 46.6 Å². The number of halogens is 1. The van der Waals surface area contributed by atoms with Crippen molar-refractivity contribution in [3.05, 3.63) is 28.2 Å². The average Bonchev–Trinajstić information content (AvgIpc) is 2.24. The highest BCUT2D eigenvalue weighted by atomic mass is 79.9. The lowest BCUT2D eigenvalue weighted by Gasteiger charge is -2.24. The zero-order valence-corrected chi connectivity index (χ0v) is 11.9. The van der Waals surface area contributed by atoms with Crippen LogP contribution in [0.5, 0.6) is 5.75 Å². The minimum Gasteiger partial charge on any atom is -0.508 e. The van der Waals surface area contributed by atoms with Crippen molar-refractivity contribution >= 4 is 15.9 Å². The second-order valence-corrected chi connectivity index (χ2v) is 4.81. The third-order valence-corrected chi connectivity index (χ3v) is 3.06. The maximum atomic E-state index is 9.68. The van der Waals surface area contributed by atoms with Gasteiger partial charge in [0.2, 0.25) is 0 Å². The smallest absolute Gasteiger partial charge is 0.119 e. The zero-order valence-electron chi connectivity index (χ0n) is 10.3. The molecule has 1 aromatic rings. The molecular weight excluding hydrogens is 252 g/mol. The lowest BCUT2D eigenvalue weighted by molar-refractivity contribution is 0.428. The third-order valence-electron chi connectivity index (χ3n) is 2.57. The van der Waals surface area contributed by atoms with E-state index in [1.54, 1.807) is 6.07 Å². The second kappa shape index (κ2) is 6.16. The molecular formula is C13H21BrO. The van der Waals surface area contributed by atoms with Crippen LogP contribution in [0.15, 0.2) is 22.7 Å². The Kier molecular flexibility index (Phi) is 5.96. The molecule has 0 atom stereocenters. The molecule has 0 bridgehead atoms. The summed E-state index contributed by atoms with van der Waals surface area (Å²) in [6, 6.07) is 5.57. The van der Waals surface area contributed by atoms with E-state index in [1.807, 2.05) is 26.0 Å². The van der Waals surface area contributed by atoms with Crippen molar-refractivity contribution in [3.8, 4) is 5.75 Å². The number of hydrogen-bond acceptors (Lipinski definition) is 1. The highest BCUT2D eigenvalue weighted by Gasteiger charge is 2.21. The van der Waals surface area contributed by atoms with Crippen LogP contribution in [0.4, 0.5) is 0 Å². The Morgan fingerprint density at radius 2 is 1.80 bits per heavy atom. The molecule has 86 valence electrons. The highest BCUT2D eigenvalue weighted by molar-refractivity contribution is 9.10. The number of phenolic OH excluding ortho intramolecular Hbond substituents is 1. The highest BCUT2D eigenvalue weighted by Crippen LogP contribution is 2.35. The van der Waals surface area contributed by atoms with Gasteiger partial charge in [0.15, 0.2) is 0 Å². The monoisotopic (exact) mass is 272 g/mol. The van der Waals surface area contributed by atoms with Gasteiger partial charge in [0.25, 0.3) is 0 Å². The van der Waals surface area contributed by atoms with E-state index >= 15 is 0 Å². The van der Waals surface area contributed by atoms with E-state index in [9.17, 15) is 5.11 Å². The Balaban J connectivity index is 0.000000921. The molecule has 2 heteroatoms. The summed E-state index contributed by atoms with van der Waals surface area (Å²) in [6.07, 6.45) is 1.01. The summed E-state index contributed by atoms with van der Waals surface area (Å²) in [5.74, 6) is 0.384. The van der Waals surface area contributed by atoms with Crippen molar-refractivity contribution < 1.29 is 5.11 Å². The molecule has 15 heavy (non-hydrogen) atoms. The Bertz CT molecular complexity index is 305. The van der Waals surface area contributed by atoms with Crippen molar-refractivity contribution in [2.45, 2.75) is 46.5 Å². The maximum absolute atomic E-state index is 9.68. The van der Waals surface area contributed by atoms with Crippen LogP contribution in [0.2, 0.25) is 0 Å². The van der Waals surface area contributed by atoms with E-state index < -0.39 is 0 Å². The first-order valence-corrected chi connectivity index (χ1v) is 6.25. The summed E-state index contributed by atoms with van der Waals surface area (Å²) >= 11 is 3.41. The van der Waals surface area contributed by atoms with E-state index in [0.29, 0.717) is 5.75 Å². The summed E-state index contributed by atoms with van der Waals surface area (Å²) in [6.45, 7) is 10.4. The molecule has 0 radical (unpaired) electrons. The van der Waals surface area contributed by atoms with E-state index in [1.165, 1.54) is 0 Å². The van der Waals surface area contributed by atoms with E-state index in [2.05, 4.69) is 36.7 Å². The molecule has 0 aliphatic heterocycles. The van der Waals surface area contributed by atoms with E-state index in [4.69, 9.17) is 0 Å². The van der Waals surface area contributed by atoms with Gasteiger partial charge in [0.05, 0.1) is 0 Å². The van der Waals surface area contributed by atoms with Crippen molar-refractivity contribution in [2.75, 3.05) is 0 Å². The van der Waals surface area contributed by atoms with Crippen molar-refractivity contribution in [1.29, 1.82) is 0 Å². The second-order valence-electron chi connectivity index (χ2n) is 3.90. The molecule has 0 spiro atoms. The largest absolute Gasteiger partial charge is 0.508 e. The summed E-state index contributed by atoms with van der Waals surface area (Å²) in [7, 11) is 0. The molecule has 1 rings (SSSR count). The number of hydrogen-bond donors (Lipinski definition) is 1. The van der Waals surface area contributed by atoms with Crippen LogP contribution in [0.25, 0.3) is 0 Å². The SMILES string of the molecule is CC.CCC(C)(C)c1cc(Br)ccc1O. The Labute approximate surface area is 102 Å². The van der Waals surface area contributed by atoms with Crippen LogP contribution >= 0.6 is 15.9 Å². The van der Waals surface area contributed by atoms with Crippen LogP contribution in [0.3, 0.4) is 0 Å². The molecule has 0 aromatic heterocycles. The van der Waals surface area contributed by atoms with Gasteiger partial charge in [-0.2, -0.15) is 0 Å².